The zero-order valence-electron chi connectivity index (χ0n) is 15.5. The average molecular weight is 410 g/mol. The minimum absolute atomic E-state index is 0.0345. The second kappa shape index (κ2) is 8.04. The summed E-state index contributed by atoms with van der Waals surface area (Å²) < 4.78 is 1.71. The van der Waals surface area contributed by atoms with Crippen LogP contribution in [0.2, 0.25) is 0 Å². The minimum Gasteiger partial charge on any atom is -0.339 e. The van der Waals surface area contributed by atoms with Gasteiger partial charge in [-0.1, -0.05) is 18.2 Å². The Morgan fingerprint density at radius 3 is 2.71 bits per heavy atom. The molecule has 0 fully saturated rings. The summed E-state index contributed by atoms with van der Waals surface area (Å²) in [6, 6.07) is 12.0. The summed E-state index contributed by atoms with van der Waals surface area (Å²) in [4.78, 5) is 24.2. The lowest BCUT2D eigenvalue weighted by molar-refractivity contribution is -0.131. The van der Waals surface area contributed by atoms with Gasteiger partial charge < -0.3 is 4.90 Å². The Hall–Kier alpha value is -2.84. The van der Waals surface area contributed by atoms with E-state index in [1.807, 2.05) is 61.1 Å². The molecule has 1 unspecified atom stereocenters. The molecule has 0 spiro atoms. The van der Waals surface area contributed by atoms with Gasteiger partial charge in [-0.25, -0.2) is 14.6 Å². The molecular weight excluding hydrogens is 390 g/mol. The van der Waals surface area contributed by atoms with Crippen molar-refractivity contribution in [1.82, 2.24) is 24.6 Å². The molecule has 0 N–H and O–H groups in total. The van der Waals surface area contributed by atoms with Gasteiger partial charge in [0.2, 0.25) is 5.91 Å². The normalized spacial score (nSPS) is 12.1. The molecule has 6 nitrogen and oxygen atoms in total. The number of hydrogen-bond acceptors (Lipinski definition) is 6. The summed E-state index contributed by atoms with van der Waals surface area (Å²) in [6.07, 6.45) is 3.47. The van der Waals surface area contributed by atoms with E-state index in [1.165, 1.54) is 6.33 Å². The number of carbonyl (C=O) groups is 1. The average Bonchev–Trinajstić information content (AvgIpc) is 3.49. The lowest BCUT2D eigenvalue weighted by Crippen LogP contribution is -2.31. The second-order valence-electron chi connectivity index (χ2n) is 6.41. The molecular formula is C20H19N5OS2. The highest BCUT2D eigenvalue weighted by Gasteiger charge is 2.19. The first-order valence-corrected chi connectivity index (χ1v) is 10.6. The van der Waals surface area contributed by atoms with Crippen LogP contribution >= 0.6 is 22.7 Å². The van der Waals surface area contributed by atoms with Gasteiger partial charge in [-0.15, -0.1) is 22.7 Å². The number of likely N-dealkylation sites (N-methyl/N-ethyl adjacent to an activating group) is 1. The molecule has 0 saturated carbocycles. The molecule has 0 saturated heterocycles. The predicted octanol–water partition coefficient (Wildman–Crippen LogP) is 4.21. The lowest BCUT2D eigenvalue weighted by atomic mass is 10.1. The predicted molar refractivity (Wildman–Crippen MR) is 112 cm³/mol. The highest BCUT2D eigenvalue weighted by molar-refractivity contribution is 7.20. The van der Waals surface area contributed by atoms with Crippen molar-refractivity contribution in [2.75, 3.05) is 7.05 Å². The van der Waals surface area contributed by atoms with Gasteiger partial charge >= 0.3 is 0 Å². The van der Waals surface area contributed by atoms with Crippen molar-refractivity contribution in [3.63, 3.8) is 0 Å². The van der Waals surface area contributed by atoms with E-state index >= 15 is 0 Å². The van der Waals surface area contributed by atoms with Crippen molar-refractivity contribution in [2.24, 2.45) is 0 Å². The number of aromatic nitrogens is 4. The summed E-state index contributed by atoms with van der Waals surface area (Å²) in [5, 5.41) is 9.10. The molecule has 0 aliphatic carbocycles. The van der Waals surface area contributed by atoms with Crippen LogP contribution in [0.4, 0.5) is 0 Å². The first-order valence-electron chi connectivity index (χ1n) is 8.80. The van der Waals surface area contributed by atoms with Crippen LogP contribution in [-0.2, 0) is 11.2 Å². The minimum atomic E-state index is -0.0345. The molecule has 3 aromatic heterocycles. The van der Waals surface area contributed by atoms with Crippen LogP contribution in [0.3, 0.4) is 0 Å². The summed E-state index contributed by atoms with van der Waals surface area (Å²) in [7, 11) is 1.84. The number of thiophene rings is 1. The molecule has 0 radical (unpaired) electrons. The Bertz CT molecular complexity index is 1040. The van der Waals surface area contributed by atoms with Gasteiger partial charge in [0.15, 0.2) is 0 Å². The van der Waals surface area contributed by atoms with E-state index in [-0.39, 0.29) is 11.9 Å². The fraction of sp³-hybridized carbons (Fsp3) is 0.200. The van der Waals surface area contributed by atoms with Crippen LogP contribution in [0.5, 0.6) is 0 Å². The summed E-state index contributed by atoms with van der Waals surface area (Å²) in [5.41, 5.74) is 2.82. The zero-order chi connectivity index (χ0) is 19.5. The number of rotatable bonds is 6. The molecule has 1 atom stereocenters. The van der Waals surface area contributed by atoms with Crippen LogP contribution in [0, 0.1) is 0 Å². The van der Waals surface area contributed by atoms with Crippen LogP contribution < -0.4 is 0 Å². The van der Waals surface area contributed by atoms with Gasteiger partial charge in [0.05, 0.1) is 28.7 Å². The number of carbonyl (C=O) groups excluding carboxylic acids is 1. The Kier molecular flexibility index (Phi) is 5.31. The standard InChI is InChI=1S/C20H19N5OS2/c1-14(15-5-7-17(8-6-15)25-13-21-12-22-25)24(2)19(26)10-16-11-28-20(23-16)18-4-3-9-27-18/h3-9,11-14H,10H2,1-2H3. The molecule has 0 aliphatic heterocycles. The lowest BCUT2D eigenvalue weighted by Gasteiger charge is -2.25. The third-order valence-corrected chi connectivity index (χ3v) is 6.58. The first kappa shape index (κ1) is 18.5. The highest BCUT2D eigenvalue weighted by Crippen LogP contribution is 2.28. The maximum atomic E-state index is 12.7. The fourth-order valence-electron chi connectivity index (χ4n) is 2.87. The quantitative estimate of drug-likeness (QED) is 0.478. The fourth-order valence-corrected chi connectivity index (χ4v) is 4.50. The molecule has 3 heterocycles. The van der Waals surface area contributed by atoms with Crippen molar-refractivity contribution in [2.45, 2.75) is 19.4 Å². The van der Waals surface area contributed by atoms with Gasteiger partial charge in [0, 0.05) is 12.4 Å². The van der Waals surface area contributed by atoms with E-state index in [9.17, 15) is 4.79 Å². The number of benzene rings is 1. The van der Waals surface area contributed by atoms with Gasteiger partial charge in [-0.3, -0.25) is 4.79 Å². The van der Waals surface area contributed by atoms with E-state index in [4.69, 9.17) is 0 Å². The van der Waals surface area contributed by atoms with Crippen LogP contribution in [0.15, 0.2) is 59.8 Å². The zero-order valence-corrected chi connectivity index (χ0v) is 17.2. The molecule has 0 aliphatic rings. The Morgan fingerprint density at radius 2 is 2.04 bits per heavy atom. The highest BCUT2D eigenvalue weighted by atomic mass is 32.1. The smallest absolute Gasteiger partial charge is 0.228 e. The molecule has 142 valence electrons. The number of amides is 1. The number of nitrogens with zero attached hydrogens (tertiary/aromatic N) is 5. The second-order valence-corrected chi connectivity index (χ2v) is 8.22. The van der Waals surface area contributed by atoms with Crippen molar-refractivity contribution in [3.05, 3.63) is 71.1 Å². The molecule has 4 rings (SSSR count). The molecule has 28 heavy (non-hydrogen) atoms. The molecule has 1 amide bonds. The largest absolute Gasteiger partial charge is 0.339 e. The number of thiazole rings is 1. The van der Waals surface area contributed by atoms with Gasteiger partial charge in [0.1, 0.15) is 17.7 Å². The van der Waals surface area contributed by atoms with Gasteiger partial charge in [0.25, 0.3) is 0 Å². The SMILES string of the molecule is CC(c1ccc(-n2cncn2)cc1)N(C)C(=O)Cc1csc(-c2cccs2)n1. The number of hydrogen-bond donors (Lipinski definition) is 0. The monoisotopic (exact) mass is 409 g/mol. The van der Waals surface area contributed by atoms with E-state index in [2.05, 4.69) is 15.1 Å². The maximum Gasteiger partial charge on any atom is 0.228 e. The molecule has 4 aromatic rings. The Morgan fingerprint density at radius 1 is 1.21 bits per heavy atom. The summed E-state index contributed by atoms with van der Waals surface area (Å²) in [5.74, 6) is 0.0517. The Labute approximate surface area is 171 Å². The van der Waals surface area contributed by atoms with Crippen LogP contribution in [0.25, 0.3) is 15.6 Å². The molecule has 8 heteroatoms. The summed E-state index contributed by atoms with van der Waals surface area (Å²) in [6.45, 7) is 2.03. The maximum absolute atomic E-state index is 12.7. The van der Waals surface area contributed by atoms with E-state index in [0.29, 0.717) is 6.42 Å². The van der Waals surface area contributed by atoms with Crippen molar-refractivity contribution < 1.29 is 4.79 Å². The van der Waals surface area contributed by atoms with Crippen molar-refractivity contribution in [1.29, 1.82) is 0 Å². The van der Waals surface area contributed by atoms with Crippen molar-refractivity contribution >= 4 is 28.6 Å². The van der Waals surface area contributed by atoms with E-state index in [1.54, 1.807) is 38.6 Å². The molecule has 0 bridgehead atoms. The van der Waals surface area contributed by atoms with Gasteiger partial charge in [-0.05, 0) is 36.1 Å². The third-order valence-electron chi connectivity index (χ3n) is 4.65. The van der Waals surface area contributed by atoms with E-state index < -0.39 is 0 Å². The third kappa shape index (κ3) is 3.88. The van der Waals surface area contributed by atoms with Crippen molar-refractivity contribution in [3.8, 4) is 15.6 Å². The van der Waals surface area contributed by atoms with E-state index in [0.717, 1.165) is 26.8 Å². The first-order chi connectivity index (χ1) is 13.6. The summed E-state index contributed by atoms with van der Waals surface area (Å²) >= 11 is 3.24. The van der Waals surface area contributed by atoms with Gasteiger partial charge in [-0.2, -0.15) is 5.10 Å². The topological polar surface area (TPSA) is 63.9 Å². The van der Waals surface area contributed by atoms with Crippen LogP contribution in [0.1, 0.15) is 24.2 Å². The molecule has 1 aromatic carbocycles. The van der Waals surface area contributed by atoms with Crippen LogP contribution in [-0.4, -0.2) is 37.6 Å². The Balaban J connectivity index is 1.42.